The number of ether oxygens (including phenoxy) is 2. The Bertz CT molecular complexity index is 1000. The van der Waals surface area contributed by atoms with Gasteiger partial charge in [-0.3, -0.25) is 4.79 Å². The van der Waals surface area contributed by atoms with Crippen molar-refractivity contribution in [3.63, 3.8) is 0 Å². The van der Waals surface area contributed by atoms with Gasteiger partial charge in [0, 0.05) is 19.5 Å². The number of methoxy groups -OCH3 is 1. The monoisotopic (exact) mass is 418 g/mol. The lowest BCUT2D eigenvalue weighted by Crippen LogP contribution is -2.29. The lowest BCUT2D eigenvalue weighted by atomic mass is 10.1. The second-order valence-electron chi connectivity index (χ2n) is 7.00. The maximum absolute atomic E-state index is 12.7. The zero-order valence-electron chi connectivity index (χ0n) is 16.9. The number of benzene rings is 2. The van der Waals surface area contributed by atoms with Crippen LogP contribution in [0.3, 0.4) is 0 Å². The lowest BCUT2D eigenvalue weighted by molar-refractivity contribution is -0.117. The lowest BCUT2D eigenvalue weighted by Gasteiger charge is -2.20. The molecule has 7 nitrogen and oxygen atoms in total. The van der Waals surface area contributed by atoms with Crippen molar-refractivity contribution < 1.29 is 22.7 Å². The summed E-state index contributed by atoms with van der Waals surface area (Å²) in [5, 5.41) is 0. The predicted octanol–water partition coefficient (Wildman–Crippen LogP) is 2.80. The van der Waals surface area contributed by atoms with E-state index in [0.717, 1.165) is 23.3 Å². The number of carbonyl (C=O) groups excluding carboxylic acids is 1. The van der Waals surface area contributed by atoms with E-state index >= 15 is 0 Å². The number of aryl methyl sites for hydroxylation is 2. The van der Waals surface area contributed by atoms with Crippen molar-refractivity contribution >= 4 is 21.6 Å². The first kappa shape index (κ1) is 21.1. The number of sulfonamides is 1. The molecule has 1 aliphatic rings. The molecule has 0 saturated carbocycles. The third-order valence-corrected chi connectivity index (χ3v) is 6.28. The molecule has 0 radical (unpaired) electrons. The minimum Gasteiger partial charge on any atom is -0.495 e. The molecule has 1 amide bonds. The summed E-state index contributed by atoms with van der Waals surface area (Å²) in [5.41, 5.74) is 2.55. The van der Waals surface area contributed by atoms with Crippen molar-refractivity contribution in [3.05, 3.63) is 47.5 Å². The molecule has 1 heterocycles. The first-order chi connectivity index (χ1) is 13.8. The molecule has 2 aromatic rings. The van der Waals surface area contributed by atoms with Gasteiger partial charge in [-0.15, -0.1) is 0 Å². The number of nitrogens with zero attached hydrogens (tertiary/aromatic N) is 1. The first-order valence-corrected chi connectivity index (χ1v) is 11.0. The summed E-state index contributed by atoms with van der Waals surface area (Å²) < 4.78 is 39.0. The van der Waals surface area contributed by atoms with Crippen LogP contribution in [0.15, 0.2) is 41.3 Å². The first-order valence-electron chi connectivity index (χ1n) is 9.50. The summed E-state index contributed by atoms with van der Waals surface area (Å²) in [6.07, 6.45) is 1.20. The molecule has 1 saturated heterocycles. The summed E-state index contributed by atoms with van der Waals surface area (Å²) >= 11 is 0. The highest BCUT2D eigenvalue weighted by atomic mass is 32.2. The Morgan fingerprint density at radius 1 is 1.10 bits per heavy atom. The van der Waals surface area contributed by atoms with Gasteiger partial charge in [0.15, 0.2) is 0 Å². The summed E-state index contributed by atoms with van der Waals surface area (Å²) in [6, 6.07) is 10.4. The fourth-order valence-corrected chi connectivity index (χ4v) is 4.27. The molecule has 29 heavy (non-hydrogen) atoms. The average Bonchev–Trinajstić information content (AvgIpc) is 3.13. The van der Waals surface area contributed by atoms with Crippen LogP contribution in [0.5, 0.6) is 11.5 Å². The zero-order valence-corrected chi connectivity index (χ0v) is 17.7. The Hall–Kier alpha value is -2.58. The number of anilines is 1. The smallest absolute Gasteiger partial charge is 0.240 e. The van der Waals surface area contributed by atoms with E-state index in [1.807, 2.05) is 32.0 Å². The van der Waals surface area contributed by atoms with Crippen molar-refractivity contribution in [1.82, 2.24) is 4.72 Å². The molecular formula is C21H26N2O5S. The fraction of sp³-hybridized carbons (Fsp3) is 0.381. The summed E-state index contributed by atoms with van der Waals surface area (Å²) in [5.74, 6) is 1.17. The number of hydrogen-bond acceptors (Lipinski definition) is 5. The molecule has 1 aliphatic heterocycles. The minimum absolute atomic E-state index is 0.0345. The highest BCUT2D eigenvalue weighted by Gasteiger charge is 2.26. The maximum Gasteiger partial charge on any atom is 0.240 e. The van der Waals surface area contributed by atoms with Gasteiger partial charge in [-0.05, 0) is 55.7 Å². The molecule has 0 aromatic heterocycles. The molecule has 3 rings (SSSR count). The van der Waals surface area contributed by atoms with Gasteiger partial charge < -0.3 is 14.4 Å². The van der Waals surface area contributed by atoms with E-state index in [4.69, 9.17) is 9.47 Å². The Kier molecular flexibility index (Phi) is 6.44. The van der Waals surface area contributed by atoms with Crippen LogP contribution in [-0.4, -0.2) is 41.1 Å². The highest BCUT2D eigenvalue weighted by Crippen LogP contribution is 2.33. The van der Waals surface area contributed by atoms with Gasteiger partial charge >= 0.3 is 0 Å². The number of rotatable bonds is 8. The van der Waals surface area contributed by atoms with Crippen LogP contribution in [0.1, 0.15) is 24.0 Å². The standard InChI is InChI=1S/C21H26N2O5S/c1-15-6-7-16(2)20(13-15)28-12-10-22-29(25,26)17-8-9-19(27-3)18(14-17)23-11-4-5-21(23)24/h6-9,13-14,22H,4-5,10-12H2,1-3H3. The van der Waals surface area contributed by atoms with E-state index in [0.29, 0.717) is 24.4 Å². The molecule has 8 heteroatoms. The summed E-state index contributed by atoms with van der Waals surface area (Å²) in [4.78, 5) is 13.7. The van der Waals surface area contributed by atoms with Crippen molar-refractivity contribution in [1.29, 1.82) is 0 Å². The molecule has 0 unspecified atom stereocenters. The van der Waals surface area contributed by atoms with Crippen LogP contribution in [0.2, 0.25) is 0 Å². The molecular weight excluding hydrogens is 392 g/mol. The Labute approximate surface area is 171 Å². The van der Waals surface area contributed by atoms with Gasteiger partial charge in [0.05, 0.1) is 17.7 Å². The largest absolute Gasteiger partial charge is 0.495 e. The van der Waals surface area contributed by atoms with Crippen molar-refractivity contribution in [2.75, 3.05) is 31.7 Å². The zero-order chi connectivity index (χ0) is 21.0. The maximum atomic E-state index is 12.7. The number of nitrogens with one attached hydrogen (secondary N) is 1. The van der Waals surface area contributed by atoms with E-state index in [2.05, 4.69) is 4.72 Å². The van der Waals surface area contributed by atoms with Crippen LogP contribution >= 0.6 is 0 Å². The normalized spacial score (nSPS) is 14.3. The fourth-order valence-electron chi connectivity index (χ4n) is 3.23. The highest BCUT2D eigenvalue weighted by molar-refractivity contribution is 7.89. The van der Waals surface area contributed by atoms with Crippen molar-refractivity contribution in [2.45, 2.75) is 31.6 Å². The molecule has 156 valence electrons. The second kappa shape index (κ2) is 8.84. The summed E-state index contributed by atoms with van der Waals surface area (Å²) in [6.45, 7) is 4.80. The van der Waals surface area contributed by atoms with Gasteiger partial charge in [-0.2, -0.15) is 0 Å². The van der Waals surface area contributed by atoms with Crippen LogP contribution in [-0.2, 0) is 14.8 Å². The molecule has 0 spiro atoms. The molecule has 0 aliphatic carbocycles. The van der Waals surface area contributed by atoms with Crippen LogP contribution < -0.4 is 19.1 Å². The third kappa shape index (κ3) is 4.89. The third-order valence-electron chi connectivity index (χ3n) is 4.82. The average molecular weight is 419 g/mol. The van der Waals surface area contributed by atoms with Gasteiger partial charge in [0.25, 0.3) is 0 Å². The van der Waals surface area contributed by atoms with E-state index < -0.39 is 10.0 Å². The Morgan fingerprint density at radius 2 is 1.90 bits per heavy atom. The van der Waals surface area contributed by atoms with E-state index in [1.54, 1.807) is 11.0 Å². The second-order valence-corrected chi connectivity index (χ2v) is 8.76. The quantitative estimate of drug-likeness (QED) is 0.667. The SMILES string of the molecule is COc1ccc(S(=O)(=O)NCCOc2cc(C)ccc2C)cc1N1CCCC1=O. The molecule has 0 bridgehead atoms. The molecule has 2 aromatic carbocycles. The van der Waals surface area contributed by atoms with Crippen LogP contribution in [0.25, 0.3) is 0 Å². The van der Waals surface area contributed by atoms with Gasteiger partial charge in [-0.25, -0.2) is 13.1 Å². The van der Waals surface area contributed by atoms with E-state index in [9.17, 15) is 13.2 Å². The molecule has 1 N–H and O–H groups in total. The van der Waals surface area contributed by atoms with E-state index in [-0.39, 0.29) is 24.0 Å². The van der Waals surface area contributed by atoms with Crippen LogP contribution in [0.4, 0.5) is 5.69 Å². The van der Waals surface area contributed by atoms with Gasteiger partial charge in [0.1, 0.15) is 18.1 Å². The van der Waals surface area contributed by atoms with Crippen molar-refractivity contribution in [3.8, 4) is 11.5 Å². The number of carbonyl (C=O) groups is 1. The molecule has 0 atom stereocenters. The number of amides is 1. The minimum atomic E-state index is -3.75. The topological polar surface area (TPSA) is 84.9 Å². The van der Waals surface area contributed by atoms with Gasteiger partial charge in [0.2, 0.25) is 15.9 Å². The Morgan fingerprint density at radius 3 is 2.59 bits per heavy atom. The predicted molar refractivity (Wildman–Crippen MR) is 111 cm³/mol. The van der Waals surface area contributed by atoms with Gasteiger partial charge in [-0.1, -0.05) is 12.1 Å². The summed E-state index contributed by atoms with van der Waals surface area (Å²) in [7, 11) is -2.25. The number of hydrogen-bond donors (Lipinski definition) is 1. The van der Waals surface area contributed by atoms with Crippen molar-refractivity contribution in [2.24, 2.45) is 0 Å². The van der Waals surface area contributed by atoms with E-state index in [1.165, 1.54) is 19.2 Å². The Balaban J connectivity index is 1.69. The molecule has 1 fully saturated rings. The van der Waals surface area contributed by atoms with Crippen LogP contribution in [0, 0.1) is 13.8 Å².